The number of rotatable bonds is 6. The van der Waals surface area contributed by atoms with Gasteiger partial charge in [-0.2, -0.15) is 5.10 Å². The Kier molecular flexibility index (Phi) is 5.83. The van der Waals surface area contributed by atoms with Crippen LogP contribution in [0, 0.1) is 5.82 Å². The van der Waals surface area contributed by atoms with Gasteiger partial charge >= 0.3 is 6.09 Å². The number of hydrogen-bond acceptors (Lipinski definition) is 5. The summed E-state index contributed by atoms with van der Waals surface area (Å²) in [6.45, 7) is 1.21. The number of aryl methyl sites for hydroxylation is 1. The van der Waals surface area contributed by atoms with Crippen LogP contribution in [0.25, 0.3) is 33.5 Å². The molecule has 5 aromatic rings. The second kappa shape index (κ2) is 8.99. The average Bonchev–Trinajstić information content (AvgIpc) is 3.39. The first-order valence-corrected chi connectivity index (χ1v) is 11.1. The molecule has 0 saturated carbocycles. The molecule has 0 radical (unpaired) electrons. The molecular weight excluding hydrogens is 473 g/mol. The smallest absolute Gasteiger partial charge is 0.406 e. The number of amides is 1. The lowest BCUT2D eigenvalue weighted by molar-refractivity contribution is -0.0288. The molecule has 1 atom stereocenters. The number of hydrogen-bond donors (Lipinski definition) is 2. The fraction of sp³-hybridized carbons (Fsp3) is 0.200. The van der Waals surface area contributed by atoms with E-state index in [1.807, 2.05) is 0 Å². The molecule has 0 aliphatic rings. The van der Waals surface area contributed by atoms with Crippen LogP contribution < -0.4 is 10.1 Å². The molecule has 3 heterocycles. The van der Waals surface area contributed by atoms with Gasteiger partial charge in [-0.15, -0.1) is 0 Å². The van der Waals surface area contributed by atoms with Crippen LogP contribution in [0.3, 0.4) is 0 Å². The molecular formula is C25H21F3N6O2. The lowest BCUT2D eigenvalue weighted by Gasteiger charge is -2.24. The highest BCUT2D eigenvalue weighted by Crippen LogP contribution is 2.30. The molecule has 3 aromatic heterocycles. The van der Waals surface area contributed by atoms with E-state index in [0.717, 1.165) is 0 Å². The number of halogens is 3. The first kappa shape index (κ1) is 23.3. The monoisotopic (exact) mass is 494 g/mol. The Morgan fingerprint density at radius 2 is 2.00 bits per heavy atom. The summed E-state index contributed by atoms with van der Waals surface area (Å²) in [5.41, 5.74) is 2.40. The molecule has 0 unspecified atom stereocenters. The molecule has 5 rings (SSSR count). The van der Waals surface area contributed by atoms with Crippen molar-refractivity contribution < 1.29 is 22.7 Å². The molecule has 11 heteroatoms. The van der Waals surface area contributed by atoms with Crippen LogP contribution in [0.2, 0.25) is 0 Å². The normalized spacial score (nSPS) is 12.7. The van der Waals surface area contributed by atoms with Crippen molar-refractivity contribution in [3.05, 3.63) is 72.3 Å². The zero-order valence-corrected chi connectivity index (χ0v) is 19.3. The van der Waals surface area contributed by atoms with Crippen LogP contribution in [0.1, 0.15) is 12.5 Å². The molecule has 0 aliphatic carbocycles. The summed E-state index contributed by atoms with van der Waals surface area (Å²) in [7, 11) is 1.68. The van der Waals surface area contributed by atoms with E-state index in [4.69, 9.17) is 4.74 Å². The maximum Gasteiger partial charge on any atom is 0.413 e. The van der Waals surface area contributed by atoms with Crippen LogP contribution in [0.4, 0.5) is 18.0 Å². The van der Waals surface area contributed by atoms with Gasteiger partial charge < -0.3 is 15.0 Å². The average molecular weight is 494 g/mol. The standard InChI is InChI=1S/C25H21F3N6O2/c1-14(25(27,28)11-15-6-4-3-5-7-15)31-24(35)36-20-13-30-23-22(20)32-18(12-29-23)21-17-9-8-16(26)10-19(17)34(2)33-21/h3-10,12-14H,11H2,1-2H3,(H,29,30)(H,31,35)/t14-/m1/s1. The number of carbonyl (C=O) groups is 1. The highest BCUT2D eigenvalue weighted by molar-refractivity contribution is 5.93. The van der Waals surface area contributed by atoms with Crippen LogP contribution in [0.15, 0.2) is 60.9 Å². The number of carbonyl (C=O) groups excluding carboxylic acids is 1. The molecule has 2 N–H and O–H groups in total. The van der Waals surface area contributed by atoms with E-state index in [0.29, 0.717) is 33.5 Å². The highest BCUT2D eigenvalue weighted by atomic mass is 19.3. The Balaban J connectivity index is 1.36. The topological polar surface area (TPSA) is 97.7 Å². The van der Waals surface area contributed by atoms with Crippen LogP contribution in [-0.4, -0.2) is 42.8 Å². The Bertz CT molecular complexity index is 1560. The predicted molar refractivity (Wildman–Crippen MR) is 127 cm³/mol. The van der Waals surface area contributed by atoms with Gasteiger partial charge in [0.25, 0.3) is 5.92 Å². The fourth-order valence-electron chi connectivity index (χ4n) is 3.91. The van der Waals surface area contributed by atoms with Gasteiger partial charge in [0.2, 0.25) is 0 Å². The number of nitrogens with one attached hydrogen (secondary N) is 2. The Morgan fingerprint density at radius 3 is 2.78 bits per heavy atom. The second-order valence-electron chi connectivity index (χ2n) is 8.42. The van der Waals surface area contributed by atoms with E-state index in [1.54, 1.807) is 43.4 Å². The van der Waals surface area contributed by atoms with Gasteiger partial charge in [-0.05, 0) is 30.7 Å². The van der Waals surface area contributed by atoms with E-state index < -0.39 is 30.3 Å². The molecule has 1 amide bonds. The molecule has 0 bridgehead atoms. The number of ether oxygens (including phenoxy) is 1. The zero-order chi connectivity index (χ0) is 25.4. The molecule has 0 saturated heterocycles. The minimum absolute atomic E-state index is 0.0155. The van der Waals surface area contributed by atoms with Crippen molar-refractivity contribution in [2.45, 2.75) is 25.3 Å². The zero-order valence-electron chi connectivity index (χ0n) is 19.3. The van der Waals surface area contributed by atoms with Crippen molar-refractivity contribution in [2.24, 2.45) is 7.05 Å². The van der Waals surface area contributed by atoms with Gasteiger partial charge in [-0.1, -0.05) is 30.3 Å². The highest BCUT2D eigenvalue weighted by Gasteiger charge is 2.38. The van der Waals surface area contributed by atoms with E-state index in [9.17, 15) is 18.0 Å². The molecule has 8 nitrogen and oxygen atoms in total. The molecule has 184 valence electrons. The second-order valence-corrected chi connectivity index (χ2v) is 8.42. The maximum atomic E-state index is 14.7. The molecule has 2 aromatic carbocycles. The summed E-state index contributed by atoms with van der Waals surface area (Å²) < 4.78 is 49.8. The van der Waals surface area contributed by atoms with Crippen LogP contribution in [-0.2, 0) is 13.5 Å². The third-order valence-electron chi connectivity index (χ3n) is 5.86. The molecule has 36 heavy (non-hydrogen) atoms. The van der Waals surface area contributed by atoms with E-state index >= 15 is 0 Å². The Morgan fingerprint density at radius 1 is 1.22 bits per heavy atom. The van der Waals surface area contributed by atoms with Crippen molar-refractivity contribution in [1.82, 2.24) is 30.0 Å². The molecule has 0 fully saturated rings. The lowest BCUT2D eigenvalue weighted by Crippen LogP contribution is -2.47. The number of H-pyrrole nitrogens is 1. The van der Waals surface area contributed by atoms with E-state index in [1.165, 1.54) is 36.1 Å². The predicted octanol–water partition coefficient (Wildman–Crippen LogP) is 5.01. The first-order chi connectivity index (χ1) is 17.2. The summed E-state index contributed by atoms with van der Waals surface area (Å²) in [6, 6.07) is 11.1. The van der Waals surface area contributed by atoms with Gasteiger partial charge in [0.1, 0.15) is 17.2 Å². The van der Waals surface area contributed by atoms with Crippen LogP contribution in [0.5, 0.6) is 5.75 Å². The number of benzene rings is 2. The van der Waals surface area contributed by atoms with Crippen molar-refractivity contribution >= 4 is 28.2 Å². The SMILES string of the molecule is C[C@@H](NC(=O)Oc1c[nH]c2ncc(-c3nn(C)c4cc(F)ccc34)nc12)C(F)(F)Cc1ccccc1. The quantitative estimate of drug-likeness (QED) is 0.346. The number of fused-ring (bicyclic) bond motifs is 2. The van der Waals surface area contributed by atoms with E-state index in [-0.39, 0.29) is 11.3 Å². The van der Waals surface area contributed by atoms with Crippen molar-refractivity contribution in [3.63, 3.8) is 0 Å². The largest absolute Gasteiger partial charge is 0.413 e. The summed E-state index contributed by atoms with van der Waals surface area (Å²) in [6.07, 6.45) is 1.27. The van der Waals surface area contributed by atoms with Crippen molar-refractivity contribution in [2.75, 3.05) is 0 Å². The van der Waals surface area contributed by atoms with Gasteiger partial charge in [-0.25, -0.2) is 27.9 Å². The van der Waals surface area contributed by atoms with Gasteiger partial charge in [0, 0.05) is 25.1 Å². The number of alkyl halides is 2. The third kappa shape index (κ3) is 4.47. The summed E-state index contributed by atoms with van der Waals surface area (Å²) in [5.74, 6) is -3.58. The molecule has 0 aliphatic heterocycles. The maximum absolute atomic E-state index is 14.7. The van der Waals surface area contributed by atoms with Crippen molar-refractivity contribution in [1.29, 1.82) is 0 Å². The first-order valence-electron chi connectivity index (χ1n) is 11.1. The number of aromatic nitrogens is 5. The van der Waals surface area contributed by atoms with Gasteiger partial charge in [0.15, 0.2) is 16.9 Å². The lowest BCUT2D eigenvalue weighted by atomic mass is 10.0. The summed E-state index contributed by atoms with van der Waals surface area (Å²) in [4.78, 5) is 24.1. The Labute approximate surface area is 203 Å². The third-order valence-corrected chi connectivity index (χ3v) is 5.86. The summed E-state index contributed by atoms with van der Waals surface area (Å²) >= 11 is 0. The van der Waals surface area contributed by atoms with Gasteiger partial charge in [-0.3, -0.25) is 4.68 Å². The fourth-order valence-corrected chi connectivity index (χ4v) is 3.91. The minimum atomic E-state index is -3.20. The van der Waals surface area contributed by atoms with Gasteiger partial charge in [0.05, 0.1) is 17.8 Å². The number of aromatic amines is 1. The summed E-state index contributed by atoms with van der Waals surface area (Å²) in [5, 5.41) is 7.28. The Hall–Kier alpha value is -4.41. The van der Waals surface area contributed by atoms with Crippen LogP contribution >= 0.6 is 0 Å². The number of nitrogens with zero attached hydrogens (tertiary/aromatic N) is 4. The minimum Gasteiger partial charge on any atom is -0.406 e. The van der Waals surface area contributed by atoms with E-state index in [2.05, 4.69) is 25.4 Å². The van der Waals surface area contributed by atoms with Crippen molar-refractivity contribution in [3.8, 4) is 17.1 Å². The molecule has 0 spiro atoms.